The average molecular weight is 485 g/mol. The Bertz CT molecular complexity index is 762. The summed E-state index contributed by atoms with van der Waals surface area (Å²) in [6.45, 7) is 0.0466. The first-order chi connectivity index (χ1) is 11.8. The van der Waals surface area contributed by atoms with Crippen LogP contribution < -0.4 is 10.6 Å². The Balaban J connectivity index is 0.00000338. The molecular weight excluding hydrogens is 468 g/mol. The Labute approximate surface area is 164 Å². The molecule has 26 heavy (non-hydrogen) atoms. The molecule has 0 saturated carbocycles. The van der Waals surface area contributed by atoms with Gasteiger partial charge in [0.25, 0.3) is 0 Å². The third kappa shape index (κ3) is 6.43. The summed E-state index contributed by atoms with van der Waals surface area (Å²) in [5, 5.41) is 5.59. The van der Waals surface area contributed by atoms with E-state index in [1.807, 2.05) is 0 Å². The summed E-state index contributed by atoms with van der Waals surface area (Å²) in [6.07, 6.45) is -4.66. The molecule has 2 aromatic carbocycles. The van der Waals surface area contributed by atoms with E-state index in [2.05, 4.69) is 15.6 Å². The second kappa shape index (κ2) is 9.70. The molecule has 0 aliphatic carbocycles. The maximum Gasteiger partial charge on any atom is 0.416 e. The predicted molar refractivity (Wildman–Crippen MR) is 100 cm³/mol. The fraction of sp³-hybridized carbons (Fsp3) is 0.235. The minimum Gasteiger partial charge on any atom is -0.352 e. The monoisotopic (exact) mass is 485 g/mol. The number of nitrogens with one attached hydrogen (secondary N) is 2. The molecule has 9 heteroatoms. The van der Waals surface area contributed by atoms with Crippen LogP contribution in [0.4, 0.5) is 22.0 Å². The number of hydrogen-bond acceptors (Lipinski definition) is 1. The van der Waals surface area contributed by atoms with Gasteiger partial charge in [-0.25, -0.2) is 8.78 Å². The largest absolute Gasteiger partial charge is 0.416 e. The van der Waals surface area contributed by atoms with Crippen molar-refractivity contribution in [2.75, 3.05) is 7.05 Å². The van der Waals surface area contributed by atoms with Crippen molar-refractivity contribution >= 4 is 29.9 Å². The zero-order valence-electron chi connectivity index (χ0n) is 13.7. The summed E-state index contributed by atoms with van der Waals surface area (Å²) in [7, 11) is 1.45. The van der Waals surface area contributed by atoms with Gasteiger partial charge in [0.1, 0.15) is 11.6 Å². The van der Waals surface area contributed by atoms with E-state index in [1.165, 1.54) is 19.2 Å². The van der Waals surface area contributed by atoms with E-state index in [4.69, 9.17) is 0 Å². The number of benzene rings is 2. The van der Waals surface area contributed by atoms with Gasteiger partial charge in [0.05, 0.1) is 5.56 Å². The number of halogens is 6. The first kappa shape index (κ1) is 22.1. The molecule has 0 spiro atoms. The number of aliphatic imine (C=N–C) groups is 1. The lowest BCUT2D eigenvalue weighted by molar-refractivity contribution is -0.138. The highest BCUT2D eigenvalue weighted by molar-refractivity contribution is 14.0. The van der Waals surface area contributed by atoms with E-state index in [9.17, 15) is 22.0 Å². The molecule has 0 heterocycles. The van der Waals surface area contributed by atoms with Crippen LogP contribution in [0.2, 0.25) is 0 Å². The summed E-state index contributed by atoms with van der Waals surface area (Å²) in [5.41, 5.74) is -0.496. The van der Waals surface area contributed by atoms with Gasteiger partial charge < -0.3 is 10.6 Å². The zero-order chi connectivity index (χ0) is 18.4. The smallest absolute Gasteiger partial charge is 0.352 e. The highest BCUT2D eigenvalue weighted by Gasteiger charge is 2.33. The van der Waals surface area contributed by atoms with E-state index in [-0.39, 0.29) is 54.4 Å². The molecule has 0 bridgehead atoms. The lowest BCUT2D eigenvalue weighted by atomic mass is 10.1. The van der Waals surface area contributed by atoms with Gasteiger partial charge in [-0.15, -0.1) is 24.0 Å². The lowest BCUT2D eigenvalue weighted by Crippen LogP contribution is -2.36. The number of nitrogens with zero attached hydrogens (tertiary/aromatic N) is 1. The molecule has 2 N–H and O–H groups in total. The molecule has 0 saturated heterocycles. The molecule has 0 aliphatic rings. The highest BCUT2D eigenvalue weighted by Crippen LogP contribution is 2.32. The van der Waals surface area contributed by atoms with E-state index in [1.54, 1.807) is 12.1 Å². The number of rotatable bonds is 4. The normalized spacial score (nSPS) is 11.7. The van der Waals surface area contributed by atoms with Crippen molar-refractivity contribution in [3.8, 4) is 0 Å². The molecule has 142 valence electrons. The van der Waals surface area contributed by atoms with Crippen molar-refractivity contribution in [2.24, 2.45) is 4.99 Å². The van der Waals surface area contributed by atoms with Crippen LogP contribution in [0.1, 0.15) is 16.7 Å². The second-order valence-electron chi connectivity index (χ2n) is 5.21. The van der Waals surface area contributed by atoms with Crippen molar-refractivity contribution in [3.05, 3.63) is 70.8 Å². The summed E-state index contributed by atoms with van der Waals surface area (Å²) < 4.78 is 65.1. The van der Waals surface area contributed by atoms with Crippen LogP contribution in [0.3, 0.4) is 0 Å². The molecule has 0 aliphatic heterocycles. The van der Waals surface area contributed by atoms with Crippen LogP contribution in [0.5, 0.6) is 0 Å². The van der Waals surface area contributed by atoms with Gasteiger partial charge in [0.2, 0.25) is 0 Å². The van der Waals surface area contributed by atoms with E-state index in [0.29, 0.717) is 11.6 Å². The van der Waals surface area contributed by atoms with E-state index < -0.39 is 17.6 Å². The third-order valence-electron chi connectivity index (χ3n) is 3.40. The molecule has 0 aromatic heterocycles. The first-order valence-corrected chi connectivity index (χ1v) is 7.34. The minimum absolute atomic E-state index is 0. The minimum atomic E-state index is -4.66. The van der Waals surface area contributed by atoms with Gasteiger partial charge in [0.15, 0.2) is 5.96 Å². The molecule has 3 nitrogen and oxygen atoms in total. The van der Waals surface area contributed by atoms with Gasteiger partial charge >= 0.3 is 6.18 Å². The summed E-state index contributed by atoms with van der Waals surface area (Å²) in [6, 6.07) is 8.40. The summed E-state index contributed by atoms with van der Waals surface area (Å²) >= 11 is 0. The van der Waals surface area contributed by atoms with Crippen molar-refractivity contribution in [3.63, 3.8) is 0 Å². The maximum atomic E-state index is 13.1. The topological polar surface area (TPSA) is 36.4 Å². The number of hydrogen-bond donors (Lipinski definition) is 2. The fourth-order valence-electron chi connectivity index (χ4n) is 2.20. The van der Waals surface area contributed by atoms with Crippen molar-refractivity contribution in [1.82, 2.24) is 10.6 Å². The number of alkyl halides is 3. The average Bonchev–Trinajstić information content (AvgIpc) is 2.55. The Morgan fingerprint density at radius 3 is 2.23 bits per heavy atom. The molecule has 2 rings (SSSR count). The zero-order valence-corrected chi connectivity index (χ0v) is 16.0. The standard InChI is InChI=1S/C17H16F5N3.HI/c1-23-16(24-9-11-3-2-4-13(18)7-11)25-10-12-5-6-14(19)8-15(12)17(20,21)22;/h2-8H,9-10H2,1H3,(H2,23,24,25);1H. The SMILES string of the molecule is CN=C(NCc1cccc(F)c1)NCc1ccc(F)cc1C(F)(F)F.I. The van der Waals surface area contributed by atoms with Crippen LogP contribution in [0.25, 0.3) is 0 Å². The lowest BCUT2D eigenvalue weighted by Gasteiger charge is -2.16. The van der Waals surface area contributed by atoms with Crippen molar-refractivity contribution < 1.29 is 22.0 Å². The van der Waals surface area contributed by atoms with Gasteiger partial charge in [-0.05, 0) is 35.4 Å². The molecular formula is C17H17F5IN3. The fourth-order valence-corrected chi connectivity index (χ4v) is 2.20. The summed E-state index contributed by atoms with van der Waals surface area (Å²) in [5.74, 6) is -1.10. The molecule has 0 fully saturated rings. The Kier molecular flexibility index (Phi) is 8.25. The van der Waals surface area contributed by atoms with E-state index in [0.717, 1.165) is 12.1 Å². The van der Waals surface area contributed by atoms with Crippen molar-refractivity contribution in [1.29, 1.82) is 0 Å². The highest BCUT2D eigenvalue weighted by atomic mass is 127. The Hall–Kier alpha value is -1.91. The van der Waals surface area contributed by atoms with Crippen LogP contribution in [-0.2, 0) is 19.3 Å². The van der Waals surface area contributed by atoms with Crippen molar-refractivity contribution in [2.45, 2.75) is 19.3 Å². The quantitative estimate of drug-likeness (QED) is 0.291. The van der Waals surface area contributed by atoms with E-state index >= 15 is 0 Å². The summed E-state index contributed by atoms with van der Waals surface area (Å²) in [4.78, 5) is 3.90. The Morgan fingerprint density at radius 2 is 1.62 bits per heavy atom. The van der Waals surface area contributed by atoms with Gasteiger partial charge in [-0.1, -0.05) is 18.2 Å². The number of guanidine groups is 1. The van der Waals surface area contributed by atoms with Gasteiger partial charge in [-0.3, -0.25) is 4.99 Å². The third-order valence-corrected chi connectivity index (χ3v) is 3.40. The van der Waals surface area contributed by atoms with Crippen LogP contribution in [-0.4, -0.2) is 13.0 Å². The molecule has 0 radical (unpaired) electrons. The van der Waals surface area contributed by atoms with Crippen LogP contribution in [0.15, 0.2) is 47.5 Å². The predicted octanol–water partition coefficient (Wildman–Crippen LogP) is 4.47. The molecule has 0 unspecified atom stereocenters. The Morgan fingerprint density at radius 1 is 0.962 bits per heavy atom. The molecule has 0 amide bonds. The van der Waals surface area contributed by atoms with Gasteiger partial charge in [0, 0.05) is 20.1 Å². The van der Waals surface area contributed by atoms with Crippen LogP contribution >= 0.6 is 24.0 Å². The molecule has 2 aromatic rings. The van der Waals surface area contributed by atoms with Crippen LogP contribution in [0, 0.1) is 11.6 Å². The van der Waals surface area contributed by atoms with Gasteiger partial charge in [-0.2, -0.15) is 13.2 Å². The maximum absolute atomic E-state index is 13.1. The molecule has 0 atom stereocenters. The second-order valence-corrected chi connectivity index (χ2v) is 5.21. The first-order valence-electron chi connectivity index (χ1n) is 7.34.